The zero-order valence-corrected chi connectivity index (χ0v) is 11.4. The van der Waals surface area contributed by atoms with Gasteiger partial charge in [-0.15, -0.1) is 12.3 Å². The zero-order valence-electron chi connectivity index (χ0n) is 10.6. The Balaban J connectivity index is 2.74. The molecule has 6 heteroatoms. The van der Waals surface area contributed by atoms with E-state index in [1.165, 1.54) is 11.3 Å². The van der Waals surface area contributed by atoms with Crippen LogP contribution in [0.15, 0.2) is 0 Å². The van der Waals surface area contributed by atoms with Gasteiger partial charge in [0.25, 0.3) is 5.91 Å². The fourth-order valence-corrected chi connectivity index (χ4v) is 2.27. The van der Waals surface area contributed by atoms with Crippen molar-refractivity contribution >= 4 is 28.2 Å². The number of nitrogens with one attached hydrogen (secondary N) is 2. The van der Waals surface area contributed by atoms with Crippen LogP contribution in [0.2, 0.25) is 0 Å². The molecule has 0 aliphatic rings. The molecular formula is C12H18N4OS. The molecule has 1 rings (SSSR count). The number of carbonyl (C=O) groups excluding carboxylic acids is 1. The molecule has 0 saturated heterocycles. The number of rotatable bonds is 6. The highest BCUT2D eigenvalue weighted by Crippen LogP contribution is 2.24. The van der Waals surface area contributed by atoms with E-state index in [4.69, 9.17) is 12.2 Å². The Kier molecular flexibility index (Phi) is 5.46. The van der Waals surface area contributed by atoms with Crippen molar-refractivity contribution in [1.29, 1.82) is 0 Å². The molecule has 1 amide bonds. The second kappa shape index (κ2) is 6.87. The van der Waals surface area contributed by atoms with Crippen molar-refractivity contribution in [3.8, 4) is 12.3 Å². The summed E-state index contributed by atoms with van der Waals surface area (Å²) >= 11 is 1.25. The number of hydrogen-bond donors (Lipinski definition) is 3. The minimum Gasteiger partial charge on any atom is -0.382 e. The van der Waals surface area contributed by atoms with Gasteiger partial charge >= 0.3 is 0 Å². The minimum absolute atomic E-state index is 0.0217. The maximum Gasteiger partial charge on any atom is 0.265 e. The van der Waals surface area contributed by atoms with Gasteiger partial charge < -0.3 is 16.4 Å². The number of nitrogen functional groups attached to an aromatic ring is 1. The monoisotopic (exact) mass is 266 g/mol. The van der Waals surface area contributed by atoms with Crippen LogP contribution in [0.5, 0.6) is 0 Å². The second-order valence-electron chi connectivity index (χ2n) is 3.75. The number of nitrogens with zero attached hydrogens (tertiary/aromatic N) is 1. The highest BCUT2D eigenvalue weighted by Gasteiger charge is 2.18. The molecule has 0 saturated carbocycles. The first kappa shape index (κ1) is 14.3. The van der Waals surface area contributed by atoms with Crippen molar-refractivity contribution in [2.75, 3.05) is 17.6 Å². The lowest BCUT2D eigenvalue weighted by atomic mass is 10.1. The molecule has 1 aromatic heterocycles. The first-order chi connectivity index (χ1) is 8.62. The Hall–Kier alpha value is -1.74. The third-order valence-electron chi connectivity index (χ3n) is 2.38. The average molecular weight is 266 g/mol. The van der Waals surface area contributed by atoms with Crippen LogP contribution in [-0.4, -0.2) is 23.5 Å². The lowest BCUT2D eigenvalue weighted by Gasteiger charge is -2.13. The van der Waals surface area contributed by atoms with Crippen molar-refractivity contribution < 1.29 is 4.79 Å². The molecule has 4 N–H and O–H groups in total. The van der Waals surface area contributed by atoms with Crippen molar-refractivity contribution in [3.63, 3.8) is 0 Å². The van der Waals surface area contributed by atoms with E-state index in [0.29, 0.717) is 16.4 Å². The number of carbonyl (C=O) groups is 1. The molecule has 0 spiro atoms. The van der Waals surface area contributed by atoms with Crippen LogP contribution < -0.4 is 16.4 Å². The van der Waals surface area contributed by atoms with Gasteiger partial charge in [-0.25, -0.2) is 4.98 Å². The highest BCUT2D eigenvalue weighted by atomic mass is 32.1. The summed E-state index contributed by atoms with van der Waals surface area (Å²) in [6.45, 7) is 4.67. The summed E-state index contributed by atoms with van der Waals surface area (Å²) < 4.78 is 0. The summed E-state index contributed by atoms with van der Waals surface area (Å²) in [4.78, 5) is 16.5. The van der Waals surface area contributed by atoms with Gasteiger partial charge in [0, 0.05) is 19.0 Å². The predicted molar refractivity (Wildman–Crippen MR) is 75.7 cm³/mol. The summed E-state index contributed by atoms with van der Waals surface area (Å²) in [5, 5.41) is 6.55. The van der Waals surface area contributed by atoms with Crippen LogP contribution in [0.3, 0.4) is 0 Å². The van der Waals surface area contributed by atoms with Gasteiger partial charge in [-0.1, -0.05) is 18.3 Å². The largest absolute Gasteiger partial charge is 0.382 e. The van der Waals surface area contributed by atoms with Crippen molar-refractivity contribution in [2.45, 2.75) is 32.7 Å². The number of terminal acetylenes is 1. The van der Waals surface area contributed by atoms with Gasteiger partial charge in [-0.3, -0.25) is 4.79 Å². The topological polar surface area (TPSA) is 80.0 Å². The standard InChI is InChI=1S/C12H18N4OS/c1-4-7-8(5-2)15-11(17)9-10(13)16-12(18-9)14-6-3/h1,8H,5-7,13H2,2-3H3,(H,14,16)(H,15,17). The summed E-state index contributed by atoms with van der Waals surface area (Å²) in [6.07, 6.45) is 6.55. The molecule has 0 fully saturated rings. The highest BCUT2D eigenvalue weighted by molar-refractivity contribution is 7.18. The van der Waals surface area contributed by atoms with Gasteiger partial charge in [0.1, 0.15) is 10.7 Å². The normalized spacial score (nSPS) is 11.6. The van der Waals surface area contributed by atoms with Gasteiger partial charge in [-0.05, 0) is 13.3 Å². The van der Waals surface area contributed by atoms with Gasteiger partial charge in [0.2, 0.25) is 0 Å². The Morgan fingerprint density at radius 3 is 2.89 bits per heavy atom. The second-order valence-corrected chi connectivity index (χ2v) is 4.75. The molecular weight excluding hydrogens is 248 g/mol. The van der Waals surface area contributed by atoms with Crippen molar-refractivity contribution in [1.82, 2.24) is 10.3 Å². The molecule has 0 aliphatic heterocycles. The van der Waals surface area contributed by atoms with E-state index in [-0.39, 0.29) is 17.8 Å². The Morgan fingerprint density at radius 1 is 1.61 bits per heavy atom. The van der Waals surface area contributed by atoms with Gasteiger partial charge in [-0.2, -0.15) is 0 Å². The van der Waals surface area contributed by atoms with Crippen LogP contribution >= 0.6 is 11.3 Å². The molecule has 0 bridgehead atoms. The molecule has 18 heavy (non-hydrogen) atoms. The molecule has 0 aliphatic carbocycles. The molecule has 1 heterocycles. The van der Waals surface area contributed by atoms with Crippen LogP contribution in [0.25, 0.3) is 0 Å². The molecule has 1 unspecified atom stereocenters. The van der Waals surface area contributed by atoms with Crippen LogP contribution in [0, 0.1) is 12.3 Å². The fraction of sp³-hybridized carbons (Fsp3) is 0.500. The smallest absolute Gasteiger partial charge is 0.265 e. The van der Waals surface area contributed by atoms with Gasteiger partial charge in [0.15, 0.2) is 5.13 Å². The number of thiazole rings is 1. The number of amides is 1. The van der Waals surface area contributed by atoms with E-state index >= 15 is 0 Å². The van der Waals surface area contributed by atoms with E-state index in [1.807, 2.05) is 13.8 Å². The van der Waals surface area contributed by atoms with E-state index in [1.54, 1.807) is 0 Å². The molecule has 1 atom stereocenters. The summed E-state index contributed by atoms with van der Waals surface area (Å²) in [6, 6.07) is -0.0217. The Morgan fingerprint density at radius 2 is 2.33 bits per heavy atom. The number of anilines is 2. The maximum atomic E-state index is 12.0. The quantitative estimate of drug-likeness (QED) is 0.684. The molecule has 0 radical (unpaired) electrons. The Labute approximate surface area is 111 Å². The SMILES string of the molecule is C#CCC(CC)NC(=O)c1sc(NCC)nc1N. The molecule has 5 nitrogen and oxygen atoms in total. The lowest BCUT2D eigenvalue weighted by Crippen LogP contribution is -2.33. The van der Waals surface area contributed by atoms with Crippen molar-refractivity contribution in [3.05, 3.63) is 4.88 Å². The van der Waals surface area contributed by atoms with Crippen molar-refractivity contribution in [2.24, 2.45) is 0 Å². The lowest BCUT2D eigenvalue weighted by molar-refractivity contribution is 0.0941. The summed E-state index contributed by atoms with van der Waals surface area (Å²) in [7, 11) is 0. The average Bonchev–Trinajstić information content (AvgIpc) is 2.70. The zero-order chi connectivity index (χ0) is 13.5. The van der Waals surface area contributed by atoms with Crippen LogP contribution in [0.4, 0.5) is 10.9 Å². The molecule has 98 valence electrons. The molecule has 1 aromatic rings. The maximum absolute atomic E-state index is 12.0. The van der Waals surface area contributed by atoms with E-state index in [2.05, 4.69) is 21.5 Å². The van der Waals surface area contributed by atoms with E-state index in [9.17, 15) is 4.79 Å². The summed E-state index contributed by atoms with van der Waals surface area (Å²) in [5.74, 6) is 2.59. The predicted octanol–water partition coefficient (Wildman–Crippen LogP) is 1.69. The van der Waals surface area contributed by atoms with E-state index < -0.39 is 0 Å². The minimum atomic E-state index is -0.212. The van der Waals surface area contributed by atoms with Crippen LogP contribution in [-0.2, 0) is 0 Å². The molecule has 0 aromatic carbocycles. The van der Waals surface area contributed by atoms with Crippen LogP contribution in [0.1, 0.15) is 36.4 Å². The number of nitrogens with two attached hydrogens (primary N) is 1. The Bertz CT molecular complexity index is 449. The van der Waals surface area contributed by atoms with Gasteiger partial charge in [0.05, 0.1) is 0 Å². The third-order valence-corrected chi connectivity index (χ3v) is 3.41. The first-order valence-corrected chi connectivity index (χ1v) is 6.68. The third kappa shape index (κ3) is 3.64. The summed E-state index contributed by atoms with van der Waals surface area (Å²) in [5.41, 5.74) is 5.72. The number of aromatic nitrogens is 1. The fourth-order valence-electron chi connectivity index (χ4n) is 1.41. The van der Waals surface area contributed by atoms with E-state index in [0.717, 1.165) is 13.0 Å². The number of hydrogen-bond acceptors (Lipinski definition) is 5. The first-order valence-electron chi connectivity index (χ1n) is 5.86.